The van der Waals surface area contributed by atoms with Gasteiger partial charge in [0.2, 0.25) is 0 Å². The first-order valence-corrected chi connectivity index (χ1v) is 5.70. The van der Waals surface area contributed by atoms with E-state index in [2.05, 4.69) is 10.3 Å². The summed E-state index contributed by atoms with van der Waals surface area (Å²) in [7, 11) is 0. The Kier molecular flexibility index (Phi) is 5.76. The second-order valence-electron chi connectivity index (χ2n) is 2.82. The minimum absolute atomic E-state index is 0.357. The topological polar surface area (TPSA) is 80.7 Å². The predicted octanol–water partition coefficient (Wildman–Crippen LogP) is 1.79. The lowest BCUT2D eigenvalue weighted by atomic mass is 10.5. The maximum Gasteiger partial charge on any atom is 0.410 e. The normalized spacial score (nSPS) is 10.3. The summed E-state index contributed by atoms with van der Waals surface area (Å²) < 4.78 is 10.4. The Balaban J connectivity index is 2.21. The Hall–Kier alpha value is -1.18. The van der Waals surface area contributed by atoms with Crippen LogP contribution >= 0.6 is 11.3 Å². The Bertz CT molecular complexity index is 329. The molecule has 6 nitrogen and oxygen atoms in total. The third-order valence-electron chi connectivity index (χ3n) is 1.59. The number of hydrogen-bond donors (Lipinski definition) is 2. The highest BCUT2D eigenvalue weighted by atomic mass is 32.1. The molecule has 0 saturated carbocycles. The molecule has 2 N–H and O–H groups in total. The first kappa shape index (κ1) is 12.9. The van der Waals surface area contributed by atoms with Crippen molar-refractivity contribution >= 4 is 22.6 Å². The van der Waals surface area contributed by atoms with Gasteiger partial charge < -0.3 is 14.6 Å². The zero-order valence-corrected chi connectivity index (χ0v) is 9.75. The van der Waals surface area contributed by atoms with Crippen LogP contribution in [0, 0.1) is 0 Å². The Morgan fingerprint density at radius 3 is 3.00 bits per heavy atom. The van der Waals surface area contributed by atoms with Crippen molar-refractivity contribution in [2.24, 2.45) is 0 Å². The first-order chi connectivity index (χ1) is 7.72. The van der Waals surface area contributed by atoms with Crippen LogP contribution < -0.4 is 5.32 Å². The van der Waals surface area contributed by atoms with E-state index < -0.39 is 6.09 Å². The second-order valence-corrected chi connectivity index (χ2v) is 3.68. The van der Waals surface area contributed by atoms with Crippen LogP contribution in [0.15, 0.2) is 5.38 Å². The van der Waals surface area contributed by atoms with E-state index in [0.717, 1.165) is 0 Å². The van der Waals surface area contributed by atoms with Gasteiger partial charge in [-0.3, -0.25) is 5.32 Å². The third kappa shape index (κ3) is 5.06. The van der Waals surface area contributed by atoms with Gasteiger partial charge >= 0.3 is 6.09 Å². The van der Waals surface area contributed by atoms with E-state index in [0.29, 0.717) is 37.3 Å². The van der Waals surface area contributed by atoms with Gasteiger partial charge in [-0.2, -0.15) is 0 Å². The van der Waals surface area contributed by atoms with Gasteiger partial charge in [0.05, 0.1) is 25.5 Å². The number of thiazole rings is 1. The molecule has 90 valence electrons. The average molecular weight is 246 g/mol. The summed E-state index contributed by atoms with van der Waals surface area (Å²) in [5, 5.41) is 12.8. The molecular formula is C9H14N2O4S. The smallest absolute Gasteiger partial charge is 0.410 e. The number of nitrogens with one attached hydrogen (secondary N) is 1. The van der Waals surface area contributed by atoms with Crippen LogP contribution in [-0.2, 0) is 16.1 Å². The second kappa shape index (κ2) is 7.15. The Labute approximate surface area is 97.2 Å². The van der Waals surface area contributed by atoms with E-state index in [4.69, 9.17) is 14.6 Å². The fourth-order valence-electron chi connectivity index (χ4n) is 0.961. The lowest BCUT2D eigenvalue weighted by molar-refractivity contribution is 0.0443. The molecule has 0 unspecified atom stereocenters. The van der Waals surface area contributed by atoms with Gasteiger partial charge in [-0.05, 0) is 6.92 Å². The number of nitrogens with zero attached hydrogens (tertiary/aromatic N) is 1. The van der Waals surface area contributed by atoms with E-state index in [9.17, 15) is 4.79 Å². The monoisotopic (exact) mass is 246 g/mol. The number of aromatic nitrogens is 1. The molecule has 0 radical (unpaired) electrons. The van der Waals surface area contributed by atoms with Crippen molar-refractivity contribution in [2.75, 3.05) is 25.1 Å². The first-order valence-electron chi connectivity index (χ1n) is 4.82. The Morgan fingerprint density at radius 2 is 2.31 bits per heavy atom. The maximum atomic E-state index is 10.3. The van der Waals surface area contributed by atoms with Crippen molar-refractivity contribution < 1.29 is 19.4 Å². The van der Waals surface area contributed by atoms with Gasteiger partial charge in [0.15, 0.2) is 5.13 Å². The standard InChI is InChI=1S/C9H14N2O4S/c1-2-14-3-4-15-5-7-6-16-8(10-7)11-9(12)13/h6H,2-5H2,1H3,(H,10,11)(H,12,13). The number of carboxylic acid groups (broad SMARTS) is 1. The molecule has 1 aromatic rings. The summed E-state index contributed by atoms with van der Waals surface area (Å²) in [6.07, 6.45) is -1.11. The minimum atomic E-state index is -1.11. The molecule has 0 spiro atoms. The zero-order chi connectivity index (χ0) is 11.8. The molecule has 1 aromatic heterocycles. The number of amides is 1. The lowest BCUT2D eigenvalue weighted by Crippen LogP contribution is -2.07. The van der Waals surface area contributed by atoms with Crippen molar-refractivity contribution in [1.82, 2.24) is 4.98 Å². The summed E-state index contributed by atoms with van der Waals surface area (Å²) in [6, 6.07) is 0. The molecular weight excluding hydrogens is 232 g/mol. The van der Waals surface area contributed by atoms with Crippen LogP contribution in [0.2, 0.25) is 0 Å². The van der Waals surface area contributed by atoms with Crippen LogP contribution in [0.5, 0.6) is 0 Å². The highest BCUT2D eigenvalue weighted by Crippen LogP contribution is 2.15. The van der Waals surface area contributed by atoms with Gasteiger partial charge in [0.1, 0.15) is 0 Å². The number of rotatable bonds is 7. The molecule has 0 atom stereocenters. The van der Waals surface area contributed by atoms with Gasteiger partial charge in [-0.15, -0.1) is 11.3 Å². The van der Waals surface area contributed by atoms with Crippen molar-refractivity contribution in [3.05, 3.63) is 11.1 Å². The van der Waals surface area contributed by atoms with E-state index in [-0.39, 0.29) is 0 Å². The molecule has 0 aliphatic heterocycles. The van der Waals surface area contributed by atoms with Crippen molar-refractivity contribution in [2.45, 2.75) is 13.5 Å². The van der Waals surface area contributed by atoms with E-state index >= 15 is 0 Å². The zero-order valence-electron chi connectivity index (χ0n) is 8.93. The Morgan fingerprint density at radius 1 is 1.56 bits per heavy atom. The summed E-state index contributed by atoms with van der Waals surface area (Å²) in [6.45, 7) is 4.02. The quantitative estimate of drug-likeness (QED) is 0.717. The van der Waals surface area contributed by atoms with E-state index in [1.54, 1.807) is 5.38 Å². The SMILES string of the molecule is CCOCCOCc1csc(NC(=O)O)n1. The summed E-state index contributed by atoms with van der Waals surface area (Å²) in [5.41, 5.74) is 0.713. The summed E-state index contributed by atoms with van der Waals surface area (Å²) >= 11 is 1.23. The fourth-order valence-corrected chi connectivity index (χ4v) is 1.65. The molecule has 0 aliphatic carbocycles. The molecule has 16 heavy (non-hydrogen) atoms. The highest BCUT2D eigenvalue weighted by Gasteiger charge is 2.04. The molecule has 7 heteroatoms. The molecule has 0 bridgehead atoms. The van der Waals surface area contributed by atoms with Crippen molar-refractivity contribution in [3.63, 3.8) is 0 Å². The third-order valence-corrected chi connectivity index (χ3v) is 2.40. The van der Waals surface area contributed by atoms with Crippen LogP contribution in [0.1, 0.15) is 12.6 Å². The number of ether oxygens (including phenoxy) is 2. The summed E-state index contributed by atoms with van der Waals surface area (Å²) in [5.74, 6) is 0. The number of hydrogen-bond acceptors (Lipinski definition) is 5. The predicted molar refractivity (Wildman–Crippen MR) is 59.9 cm³/mol. The highest BCUT2D eigenvalue weighted by molar-refractivity contribution is 7.13. The lowest BCUT2D eigenvalue weighted by Gasteiger charge is -2.01. The molecule has 0 saturated heterocycles. The van der Waals surface area contributed by atoms with Gasteiger partial charge in [0.25, 0.3) is 0 Å². The summed E-state index contributed by atoms with van der Waals surface area (Å²) in [4.78, 5) is 14.3. The van der Waals surface area contributed by atoms with Crippen molar-refractivity contribution in [3.8, 4) is 0 Å². The van der Waals surface area contributed by atoms with E-state index in [1.165, 1.54) is 11.3 Å². The van der Waals surface area contributed by atoms with Crippen LogP contribution in [0.3, 0.4) is 0 Å². The molecule has 0 fully saturated rings. The van der Waals surface area contributed by atoms with Gasteiger partial charge in [-0.1, -0.05) is 0 Å². The van der Waals surface area contributed by atoms with Crippen molar-refractivity contribution in [1.29, 1.82) is 0 Å². The molecule has 0 aliphatic rings. The largest absolute Gasteiger partial charge is 0.465 e. The van der Waals surface area contributed by atoms with Gasteiger partial charge in [-0.25, -0.2) is 9.78 Å². The number of anilines is 1. The van der Waals surface area contributed by atoms with Crippen LogP contribution in [0.4, 0.5) is 9.93 Å². The van der Waals surface area contributed by atoms with Crippen LogP contribution in [0.25, 0.3) is 0 Å². The van der Waals surface area contributed by atoms with Crippen LogP contribution in [-0.4, -0.2) is 36.0 Å². The van der Waals surface area contributed by atoms with E-state index in [1.807, 2.05) is 6.92 Å². The maximum absolute atomic E-state index is 10.3. The van der Waals surface area contributed by atoms with Gasteiger partial charge in [0, 0.05) is 12.0 Å². The fraction of sp³-hybridized carbons (Fsp3) is 0.556. The number of carbonyl (C=O) groups is 1. The molecule has 1 heterocycles. The molecule has 1 rings (SSSR count). The molecule has 1 amide bonds. The minimum Gasteiger partial charge on any atom is -0.465 e. The average Bonchev–Trinajstić information content (AvgIpc) is 2.64. The molecule has 0 aromatic carbocycles.